The summed E-state index contributed by atoms with van der Waals surface area (Å²) < 4.78 is 0. The molecular weight excluding hydrogens is 202 g/mol. The first-order valence-corrected chi connectivity index (χ1v) is 4.81. The average molecular weight is 211 g/mol. The lowest BCUT2D eigenvalue weighted by atomic mass is 10.0. The SMILES string of the molecule is N#CCc1[nH]c(=O)ccc1-c1ccncc1. The second-order valence-electron chi connectivity index (χ2n) is 3.29. The van der Waals surface area contributed by atoms with Gasteiger partial charge in [0.25, 0.3) is 0 Å². The van der Waals surface area contributed by atoms with Crippen LogP contribution in [0, 0.1) is 11.3 Å². The third kappa shape index (κ3) is 1.98. The maximum atomic E-state index is 11.2. The second kappa shape index (κ2) is 4.41. The lowest BCUT2D eigenvalue weighted by Crippen LogP contribution is -2.08. The van der Waals surface area contributed by atoms with E-state index in [1.807, 2.05) is 18.2 Å². The third-order valence-electron chi connectivity index (χ3n) is 2.25. The first kappa shape index (κ1) is 10.1. The molecule has 0 aliphatic carbocycles. The van der Waals surface area contributed by atoms with Crippen LogP contribution in [0.25, 0.3) is 11.1 Å². The number of pyridine rings is 2. The van der Waals surface area contributed by atoms with Crippen LogP contribution in [0.3, 0.4) is 0 Å². The van der Waals surface area contributed by atoms with Gasteiger partial charge in [-0.25, -0.2) is 0 Å². The smallest absolute Gasteiger partial charge is 0.248 e. The Kier molecular flexibility index (Phi) is 2.79. The Bertz CT molecular complexity index is 581. The predicted molar refractivity (Wildman–Crippen MR) is 59.6 cm³/mol. The number of nitrogens with zero attached hydrogens (tertiary/aromatic N) is 2. The zero-order valence-corrected chi connectivity index (χ0v) is 8.47. The molecule has 0 radical (unpaired) electrons. The van der Waals surface area contributed by atoms with Crippen molar-refractivity contribution in [1.82, 2.24) is 9.97 Å². The minimum absolute atomic E-state index is 0.188. The van der Waals surface area contributed by atoms with Crippen LogP contribution in [0.2, 0.25) is 0 Å². The molecule has 0 saturated carbocycles. The molecule has 0 unspecified atom stereocenters. The summed E-state index contributed by atoms with van der Waals surface area (Å²) in [5.74, 6) is 0. The number of hydrogen-bond acceptors (Lipinski definition) is 3. The Hall–Kier alpha value is -2.41. The van der Waals surface area contributed by atoms with E-state index in [4.69, 9.17) is 5.26 Å². The van der Waals surface area contributed by atoms with Crippen molar-refractivity contribution in [3.8, 4) is 17.2 Å². The number of nitrogens with one attached hydrogen (secondary N) is 1. The summed E-state index contributed by atoms with van der Waals surface area (Å²) in [7, 11) is 0. The van der Waals surface area contributed by atoms with Crippen LogP contribution < -0.4 is 5.56 Å². The molecule has 2 aromatic heterocycles. The van der Waals surface area contributed by atoms with Gasteiger partial charge in [-0.1, -0.05) is 0 Å². The minimum atomic E-state index is -0.192. The number of nitriles is 1. The lowest BCUT2D eigenvalue weighted by molar-refractivity contribution is 1.08. The maximum absolute atomic E-state index is 11.2. The van der Waals surface area contributed by atoms with Crippen molar-refractivity contribution >= 4 is 0 Å². The van der Waals surface area contributed by atoms with Gasteiger partial charge in [-0.3, -0.25) is 9.78 Å². The van der Waals surface area contributed by atoms with Crippen LogP contribution in [0.5, 0.6) is 0 Å². The number of H-pyrrole nitrogens is 1. The lowest BCUT2D eigenvalue weighted by Gasteiger charge is -2.05. The summed E-state index contributed by atoms with van der Waals surface area (Å²) in [4.78, 5) is 17.8. The van der Waals surface area contributed by atoms with Gasteiger partial charge in [0.2, 0.25) is 5.56 Å². The van der Waals surface area contributed by atoms with Gasteiger partial charge >= 0.3 is 0 Å². The quantitative estimate of drug-likeness (QED) is 0.818. The molecule has 0 amide bonds. The summed E-state index contributed by atoms with van der Waals surface area (Å²) >= 11 is 0. The first-order chi connectivity index (χ1) is 7.81. The molecule has 0 aromatic carbocycles. The molecule has 1 N–H and O–H groups in total. The molecule has 2 aromatic rings. The first-order valence-electron chi connectivity index (χ1n) is 4.81. The number of hydrogen-bond donors (Lipinski definition) is 1. The fourth-order valence-corrected chi connectivity index (χ4v) is 1.54. The van der Waals surface area contributed by atoms with E-state index in [9.17, 15) is 4.79 Å². The van der Waals surface area contributed by atoms with Crippen LogP contribution in [-0.4, -0.2) is 9.97 Å². The average Bonchev–Trinajstić information content (AvgIpc) is 2.31. The van der Waals surface area contributed by atoms with Crippen LogP contribution in [0.15, 0.2) is 41.5 Å². The van der Waals surface area contributed by atoms with Crippen molar-refractivity contribution in [3.05, 3.63) is 52.7 Å². The summed E-state index contributed by atoms with van der Waals surface area (Å²) in [6, 6.07) is 8.90. The van der Waals surface area contributed by atoms with Gasteiger partial charge in [-0.15, -0.1) is 0 Å². The highest BCUT2D eigenvalue weighted by atomic mass is 16.1. The molecule has 4 heteroatoms. The molecule has 78 valence electrons. The molecule has 4 nitrogen and oxygen atoms in total. The molecule has 2 rings (SSSR count). The van der Waals surface area contributed by atoms with E-state index >= 15 is 0 Å². The van der Waals surface area contributed by atoms with E-state index in [-0.39, 0.29) is 12.0 Å². The van der Waals surface area contributed by atoms with Gasteiger partial charge in [0, 0.05) is 29.7 Å². The van der Waals surface area contributed by atoms with Gasteiger partial charge in [-0.05, 0) is 23.8 Å². The summed E-state index contributed by atoms with van der Waals surface area (Å²) in [5, 5.41) is 8.70. The van der Waals surface area contributed by atoms with Crippen molar-refractivity contribution in [2.75, 3.05) is 0 Å². The monoisotopic (exact) mass is 211 g/mol. The second-order valence-corrected chi connectivity index (χ2v) is 3.29. The van der Waals surface area contributed by atoms with Gasteiger partial charge in [0.1, 0.15) is 0 Å². The highest BCUT2D eigenvalue weighted by molar-refractivity contribution is 5.65. The molecule has 0 fully saturated rings. The van der Waals surface area contributed by atoms with Crippen LogP contribution in [0.4, 0.5) is 0 Å². The minimum Gasteiger partial charge on any atom is -0.325 e. The Labute approximate surface area is 92.2 Å². The van der Waals surface area contributed by atoms with Gasteiger partial charge < -0.3 is 4.98 Å². The van der Waals surface area contributed by atoms with Crippen molar-refractivity contribution in [3.63, 3.8) is 0 Å². The Balaban J connectivity index is 2.57. The fourth-order valence-electron chi connectivity index (χ4n) is 1.54. The summed E-state index contributed by atoms with van der Waals surface area (Å²) in [5.41, 5.74) is 2.25. The van der Waals surface area contributed by atoms with Gasteiger partial charge in [-0.2, -0.15) is 5.26 Å². The third-order valence-corrected chi connectivity index (χ3v) is 2.25. The Morgan fingerprint density at radius 3 is 2.69 bits per heavy atom. The van der Waals surface area contributed by atoms with E-state index < -0.39 is 0 Å². The summed E-state index contributed by atoms with van der Waals surface area (Å²) in [6.07, 6.45) is 3.54. The number of rotatable bonds is 2. The van der Waals surface area contributed by atoms with Crippen molar-refractivity contribution in [2.45, 2.75) is 6.42 Å². The molecule has 0 saturated heterocycles. The summed E-state index contributed by atoms with van der Waals surface area (Å²) in [6.45, 7) is 0. The maximum Gasteiger partial charge on any atom is 0.248 e. The fraction of sp³-hybridized carbons (Fsp3) is 0.0833. The normalized spacial score (nSPS) is 9.69. The van der Waals surface area contributed by atoms with E-state index in [1.165, 1.54) is 6.07 Å². The highest BCUT2D eigenvalue weighted by Crippen LogP contribution is 2.20. The molecule has 0 bridgehead atoms. The zero-order chi connectivity index (χ0) is 11.4. The molecule has 0 aliphatic heterocycles. The van der Waals surface area contributed by atoms with E-state index in [1.54, 1.807) is 18.5 Å². The molecule has 0 atom stereocenters. The Morgan fingerprint density at radius 1 is 1.25 bits per heavy atom. The largest absolute Gasteiger partial charge is 0.325 e. The predicted octanol–water partition coefficient (Wildman–Crippen LogP) is 1.50. The number of aromatic amines is 1. The van der Waals surface area contributed by atoms with Crippen LogP contribution in [-0.2, 0) is 6.42 Å². The zero-order valence-electron chi connectivity index (χ0n) is 8.47. The Morgan fingerprint density at radius 2 is 2.00 bits per heavy atom. The van der Waals surface area contributed by atoms with Crippen LogP contribution >= 0.6 is 0 Å². The van der Waals surface area contributed by atoms with E-state index in [0.717, 1.165) is 11.1 Å². The van der Waals surface area contributed by atoms with Crippen molar-refractivity contribution in [1.29, 1.82) is 5.26 Å². The van der Waals surface area contributed by atoms with Crippen molar-refractivity contribution in [2.24, 2.45) is 0 Å². The van der Waals surface area contributed by atoms with E-state index in [2.05, 4.69) is 9.97 Å². The molecule has 2 heterocycles. The highest BCUT2D eigenvalue weighted by Gasteiger charge is 2.05. The standard InChI is InChI=1S/C12H9N3O/c13-6-3-11-10(1-2-12(16)15-11)9-4-7-14-8-5-9/h1-2,4-5,7-8H,3H2,(H,15,16). The van der Waals surface area contributed by atoms with Gasteiger partial charge in [0.05, 0.1) is 12.5 Å². The molecular formula is C12H9N3O. The molecule has 0 aliphatic rings. The molecule has 0 spiro atoms. The number of aromatic nitrogens is 2. The van der Waals surface area contributed by atoms with Crippen molar-refractivity contribution < 1.29 is 0 Å². The van der Waals surface area contributed by atoms with E-state index in [0.29, 0.717) is 5.69 Å². The van der Waals surface area contributed by atoms with Gasteiger partial charge in [0.15, 0.2) is 0 Å². The topological polar surface area (TPSA) is 69.5 Å². The van der Waals surface area contributed by atoms with Crippen LogP contribution in [0.1, 0.15) is 5.69 Å². The molecule has 16 heavy (non-hydrogen) atoms.